The van der Waals surface area contributed by atoms with Crippen LogP contribution in [0.4, 0.5) is 10.5 Å². The van der Waals surface area contributed by atoms with Crippen LogP contribution >= 0.6 is 15.9 Å². The molecule has 1 aliphatic rings. The topological polar surface area (TPSA) is 102 Å². The number of non-ortho nitro benzene ring substituents is 1. The number of carbonyl (C=O) groups is 2. The smallest absolute Gasteiger partial charge is 0.328 e. The Hall–Kier alpha value is -3.20. The number of hydrogen-bond donors (Lipinski definition) is 1. The van der Waals surface area contributed by atoms with Gasteiger partial charge in [-0.2, -0.15) is 0 Å². The van der Waals surface area contributed by atoms with Gasteiger partial charge in [-0.3, -0.25) is 19.8 Å². The third-order valence-electron chi connectivity index (χ3n) is 4.07. The van der Waals surface area contributed by atoms with Crippen molar-refractivity contribution in [2.75, 3.05) is 6.54 Å². The van der Waals surface area contributed by atoms with Crippen molar-refractivity contribution >= 4 is 39.6 Å². The van der Waals surface area contributed by atoms with Crippen molar-refractivity contribution in [1.82, 2.24) is 10.2 Å². The first-order valence-electron chi connectivity index (χ1n) is 8.39. The van der Waals surface area contributed by atoms with Crippen molar-refractivity contribution in [2.24, 2.45) is 0 Å². The molecule has 1 fully saturated rings. The molecule has 0 bridgehead atoms. The van der Waals surface area contributed by atoms with E-state index in [0.29, 0.717) is 16.9 Å². The van der Waals surface area contributed by atoms with Crippen molar-refractivity contribution in [3.05, 3.63) is 73.9 Å². The molecule has 8 nitrogen and oxygen atoms in total. The van der Waals surface area contributed by atoms with Gasteiger partial charge in [0, 0.05) is 28.7 Å². The molecule has 2 aromatic rings. The lowest BCUT2D eigenvalue weighted by atomic mass is 10.1. The number of nitro benzene ring substituents is 1. The van der Waals surface area contributed by atoms with Gasteiger partial charge in [0.05, 0.1) is 4.92 Å². The number of carbonyl (C=O) groups excluding carboxylic acids is 2. The molecule has 0 spiro atoms. The number of nitro groups is 1. The van der Waals surface area contributed by atoms with Crippen LogP contribution in [0.1, 0.15) is 18.1 Å². The molecule has 144 valence electrons. The Morgan fingerprint density at radius 2 is 2.04 bits per heavy atom. The first kappa shape index (κ1) is 19.6. The van der Waals surface area contributed by atoms with E-state index in [1.165, 1.54) is 12.1 Å². The van der Waals surface area contributed by atoms with Gasteiger partial charge in [0.1, 0.15) is 18.1 Å². The van der Waals surface area contributed by atoms with Crippen LogP contribution in [0.2, 0.25) is 0 Å². The second kappa shape index (κ2) is 8.22. The third kappa shape index (κ3) is 4.20. The summed E-state index contributed by atoms with van der Waals surface area (Å²) >= 11 is 3.38. The van der Waals surface area contributed by atoms with Gasteiger partial charge in [0.2, 0.25) is 0 Å². The van der Waals surface area contributed by atoms with Crippen molar-refractivity contribution in [1.29, 1.82) is 0 Å². The zero-order chi connectivity index (χ0) is 20.3. The van der Waals surface area contributed by atoms with Gasteiger partial charge in [-0.1, -0.05) is 28.1 Å². The van der Waals surface area contributed by atoms with Crippen LogP contribution in [0.5, 0.6) is 5.75 Å². The molecule has 3 rings (SSSR count). The normalized spacial score (nSPS) is 15.1. The Morgan fingerprint density at radius 3 is 2.71 bits per heavy atom. The highest BCUT2D eigenvalue weighted by molar-refractivity contribution is 9.10. The highest BCUT2D eigenvalue weighted by Crippen LogP contribution is 2.27. The van der Waals surface area contributed by atoms with E-state index in [0.717, 1.165) is 9.37 Å². The van der Waals surface area contributed by atoms with E-state index in [1.807, 2.05) is 0 Å². The molecule has 0 aliphatic carbocycles. The van der Waals surface area contributed by atoms with Crippen molar-refractivity contribution < 1.29 is 19.2 Å². The molecule has 3 amide bonds. The first-order chi connectivity index (χ1) is 13.4. The van der Waals surface area contributed by atoms with E-state index < -0.39 is 16.9 Å². The average Bonchev–Trinajstić information content (AvgIpc) is 2.94. The predicted octanol–water partition coefficient (Wildman–Crippen LogP) is 3.85. The number of amides is 3. The second-order valence-electron chi connectivity index (χ2n) is 5.94. The van der Waals surface area contributed by atoms with Gasteiger partial charge < -0.3 is 10.1 Å². The van der Waals surface area contributed by atoms with Gasteiger partial charge in [0.25, 0.3) is 11.6 Å². The highest BCUT2D eigenvalue weighted by Gasteiger charge is 2.32. The van der Waals surface area contributed by atoms with Gasteiger partial charge >= 0.3 is 6.03 Å². The number of rotatable bonds is 6. The number of urea groups is 1. The maximum absolute atomic E-state index is 12.3. The molecular formula is C19H16BrN3O5. The molecule has 0 aromatic heterocycles. The van der Waals surface area contributed by atoms with E-state index >= 15 is 0 Å². The van der Waals surface area contributed by atoms with Crippen LogP contribution in [0.15, 0.2) is 52.6 Å². The number of benzene rings is 2. The molecule has 1 heterocycles. The Kier molecular flexibility index (Phi) is 5.74. The standard InChI is InChI=1S/C19H16BrN3O5/c1-2-22-18(24)16(21-19(22)25)10-13-9-14(20)6-7-17(13)28-11-12-4-3-5-15(8-12)23(26)27/h3-10H,2,11H2,1H3,(H,21,25)/b16-10+. The Bertz CT molecular complexity index is 989. The Morgan fingerprint density at radius 1 is 1.25 bits per heavy atom. The molecular weight excluding hydrogens is 430 g/mol. The summed E-state index contributed by atoms with van der Waals surface area (Å²) in [4.78, 5) is 35.7. The van der Waals surface area contributed by atoms with Crippen LogP contribution in [0, 0.1) is 10.1 Å². The van der Waals surface area contributed by atoms with Gasteiger partial charge in [-0.15, -0.1) is 0 Å². The summed E-state index contributed by atoms with van der Waals surface area (Å²) in [5, 5.41) is 13.4. The number of nitrogens with zero attached hydrogens (tertiary/aromatic N) is 2. The lowest BCUT2D eigenvalue weighted by molar-refractivity contribution is -0.384. The van der Waals surface area contributed by atoms with Crippen molar-refractivity contribution in [3.63, 3.8) is 0 Å². The number of hydrogen-bond acceptors (Lipinski definition) is 5. The SMILES string of the molecule is CCN1C(=O)N/C(=C/c2cc(Br)ccc2OCc2cccc([N+](=O)[O-])c2)C1=O. The monoisotopic (exact) mass is 445 g/mol. The summed E-state index contributed by atoms with van der Waals surface area (Å²) in [6.45, 7) is 2.10. The van der Waals surface area contributed by atoms with E-state index in [4.69, 9.17) is 4.74 Å². The van der Waals surface area contributed by atoms with Crippen LogP contribution in [-0.2, 0) is 11.4 Å². The Balaban J connectivity index is 1.85. The fourth-order valence-corrected chi connectivity index (χ4v) is 3.08. The van der Waals surface area contributed by atoms with E-state index in [-0.39, 0.29) is 24.5 Å². The van der Waals surface area contributed by atoms with Crippen LogP contribution in [0.3, 0.4) is 0 Å². The molecule has 9 heteroatoms. The quantitative estimate of drug-likeness (QED) is 0.314. The zero-order valence-electron chi connectivity index (χ0n) is 14.8. The third-order valence-corrected chi connectivity index (χ3v) is 4.56. The minimum Gasteiger partial charge on any atom is -0.488 e. The van der Waals surface area contributed by atoms with Gasteiger partial charge in [-0.25, -0.2) is 4.79 Å². The number of ether oxygens (including phenoxy) is 1. The summed E-state index contributed by atoms with van der Waals surface area (Å²) < 4.78 is 6.58. The van der Waals surface area contributed by atoms with Crippen LogP contribution < -0.4 is 10.1 Å². The number of imide groups is 1. The molecule has 1 aliphatic heterocycles. The Labute approximate surface area is 169 Å². The van der Waals surface area contributed by atoms with Crippen molar-refractivity contribution in [2.45, 2.75) is 13.5 Å². The van der Waals surface area contributed by atoms with E-state index in [2.05, 4.69) is 21.2 Å². The molecule has 0 radical (unpaired) electrons. The maximum atomic E-state index is 12.3. The fourth-order valence-electron chi connectivity index (χ4n) is 2.70. The molecule has 0 saturated carbocycles. The first-order valence-corrected chi connectivity index (χ1v) is 9.18. The van der Waals surface area contributed by atoms with Crippen LogP contribution in [0.25, 0.3) is 6.08 Å². The zero-order valence-corrected chi connectivity index (χ0v) is 16.4. The van der Waals surface area contributed by atoms with Gasteiger partial charge in [0.15, 0.2) is 0 Å². The lowest BCUT2D eigenvalue weighted by Gasteiger charge is -2.10. The summed E-state index contributed by atoms with van der Waals surface area (Å²) in [6.07, 6.45) is 1.55. The highest BCUT2D eigenvalue weighted by atomic mass is 79.9. The fraction of sp³-hybridized carbons (Fsp3) is 0.158. The summed E-state index contributed by atoms with van der Waals surface area (Å²) in [7, 11) is 0. The minimum absolute atomic E-state index is 0.0156. The summed E-state index contributed by atoms with van der Waals surface area (Å²) in [5.74, 6) is 0.0660. The maximum Gasteiger partial charge on any atom is 0.328 e. The largest absolute Gasteiger partial charge is 0.488 e. The predicted molar refractivity (Wildman–Crippen MR) is 105 cm³/mol. The molecule has 1 N–H and O–H groups in total. The van der Waals surface area contributed by atoms with E-state index in [1.54, 1.807) is 43.3 Å². The van der Waals surface area contributed by atoms with E-state index in [9.17, 15) is 19.7 Å². The van der Waals surface area contributed by atoms with Gasteiger partial charge in [-0.05, 0) is 36.8 Å². The lowest BCUT2D eigenvalue weighted by Crippen LogP contribution is -2.30. The van der Waals surface area contributed by atoms with Crippen molar-refractivity contribution in [3.8, 4) is 5.75 Å². The molecule has 0 unspecified atom stereocenters. The minimum atomic E-state index is -0.465. The number of halogens is 1. The molecule has 1 saturated heterocycles. The second-order valence-corrected chi connectivity index (χ2v) is 6.85. The molecule has 28 heavy (non-hydrogen) atoms. The molecule has 0 atom stereocenters. The average molecular weight is 446 g/mol. The summed E-state index contributed by atoms with van der Waals surface area (Å²) in [5.41, 5.74) is 1.36. The summed E-state index contributed by atoms with van der Waals surface area (Å²) in [6, 6.07) is 10.9. The molecule has 2 aromatic carbocycles. The van der Waals surface area contributed by atoms with Crippen LogP contribution in [-0.4, -0.2) is 28.3 Å². The number of nitrogens with one attached hydrogen (secondary N) is 1. The number of likely N-dealkylation sites (N-methyl/N-ethyl adjacent to an activating group) is 1.